The number of hydrogen-bond acceptors (Lipinski definition) is 4. The Kier molecular flexibility index (Phi) is 4.16. The number of hydrogen-bond donors (Lipinski definition) is 1. The topological polar surface area (TPSA) is 52.5 Å². The van der Waals surface area contributed by atoms with E-state index in [0.29, 0.717) is 11.5 Å². The van der Waals surface area contributed by atoms with Crippen LogP contribution >= 0.6 is 0 Å². The maximum Gasteiger partial charge on any atom is 0.251 e. The maximum atomic E-state index is 12.1. The lowest BCUT2D eigenvalue weighted by Crippen LogP contribution is -2.17. The Balaban J connectivity index is 2.34. The molecule has 2 aromatic carbocycles. The van der Waals surface area contributed by atoms with E-state index in [1.165, 1.54) is 0 Å². The molecule has 5 heteroatoms. The van der Waals surface area contributed by atoms with Crippen LogP contribution in [-0.4, -0.2) is 18.8 Å². The van der Waals surface area contributed by atoms with Gasteiger partial charge in [0.1, 0.15) is 5.75 Å². The van der Waals surface area contributed by atoms with Crippen molar-refractivity contribution >= 4 is 22.3 Å². The summed E-state index contributed by atoms with van der Waals surface area (Å²) in [5.74, 6) is 1.30. The van der Waals surface area contributed by atoms with E-state index in [0.717, 1.165) is 27.8 Å². The minimum atomic E-state index is -0.0795. The molecule has 0 aliphatic heterocycles. The minimum absolute atomic E-state index is 0.0795. The van der Waals surface area contributed by atoms with Crippen LogP contribution in [0.15, 0.2) is 47.3 Å². The number of pyridine rings is 1. The first-order valence-corrected chi connectivity index (χ1v) is 7.64. The molecule has 0 saturated heterocycles. The normalized spacial score (nSPS) is 10.7. The molecule has 1 N–H and O–H groups in total. The Morgan fingerprint density at radius 3 is 2.38 bits per heavy atom. The molecule has 0 aliphatic rings. The van der Waals surface area contributed by atoms with Gasteiger partial charge in [-0.15, -0.1) is 0 Å². The van der Waals surface area contributed by atoms with Crippen molar-refractivity contribution in [3.63, 3.8) is 0 Å². The number of ether oxygens (including phenoxy) is 2. The summed E-state index contributed by atoms with van der Waals surface area (Å²) in [6, 6.07) is 13.3. The number of benzene rings is 2. The van der Waals surface area contributed by atoms with Crippen LogP contribution in [0.3, 0.4) is 0 Å². The Bertz CT molecular complexity index is 946. The SMILES string of the molecule is COc1c(Nc2ccccc2)cc(OC)c2c1c(C)cc(=O)n2C. The number of rotatable bonds is 4. The summed E-state index contributed by atoms with van der Waals surface area (Å²) in [4.78, 5) is 12.1. The van der Waals surface area contributed by atoms with Gasteiger partial charge in [0.25, 0.3) is 5.56 Å². The zero-order chi connectivity index (χ0) is 17.3. The molecule has 1 heterocycles. The standard InChI is InChI=1S/C19H20N2O3/c1-12-10-16(22)21(2)18-15(23-3)11-14(19(24-4)17(12)18)20-13-8-6-5-7-9-13/h5-11,20H,1-4H3. The van der Waals surface area contributed by atoms with E-state index in [1.807, 2.05) is 43.3 Å². The highest BCUT2D eigenvalue weighted by atomic mass is 16.5. The largest absolute Gasteiger partial charge is 0.494 e. The number of fused-ring (bicyclic) bond motifs is 1. The van der Waals surface area contributed by atoms with Crippen molar-refractivity contribution < 1.29 is 9.47 Å². The summed E-state index contributed by atoms with van der Waals surface area (Å²) < 4.78 is 12.8. The van der Waals surface area contributed by atoms with Crippen LogP contribution in [0.25, 0.3) is 10.9 Å². The summed E-state index contributed by atoms with van der Waals surface area (Å²) in [6.07, 6.45) is 0. The lowest BCUT2D eigenvalue weighted by molar-refractivity contribution is 0.410. The maximum absolute atomic E-state index is 12.1. The molecule has 0 unspecified atom stereocenters. The van der Waals surface area contributed by atoms with Crippen molar-refractivity contribution in [3.8, 4) is 11.5 Å². The lowest BCUT2D eigenvalue weighted by atomic mass is 10.1. The van der Waals surface area contributed by atoms with Gasteiger partial charge in [-0.3, -0.25) is 4.79 Å². The molecule has 0 radical (unpaired) electrons. The third-order valence-electron chi connectivity index (χ3n) is 4.09. The monoisotopic (exact) mass is 324 g/mol. The molecule has 3 aromatic rings. The van der Waals surface area contributed by atoms with E-state index in [1.54, 1.807) is 31.9 Å². The summed E-state index contributed by atoms with van der Waals surface area (Å²) >= 11 is 0. The Hall–Kier alpha value is -2.95. The zero-order valence-corrected chi connectivity index (χ0v) is 14.2. The summed E-state index contributed by atoms with van der Waals surface area (Å²) in [5, 5.41) is 4.22. The van der Waals surface area contributed by atoms with Crippen molar-refractivity contribution in [2.24, 2.45) is 7.05 Å². The molecule has 0 aliphatic carbocycles. The van der Waals surface area contributed by atoms with Crippen LogP contribution in [0, 0.1) is 6.92 Å². The molecular weight excluding hydrogens is 304 g/mol. The van der Waals surface area contributed by atoms with Gasteiger partial charge in [0, 0.05) is 30.3 Å². The van der Waals surface area contributed by atoms with E-state index >= 15 is 0 Å². The second-order valence-corrected chi connectivity index (χ2v) is 5.60. The highest BCUT2D eigenvalue weighted by Crippen LogP contribution is 2.41. The predicted octanol–water partition coefficient (Wildman–Crippen LogP) is 3.61. The second kappa shape index (κ2) is 6.28. The first-order chi connectivity index (χ1) is 11.6. The number of nitrogens with one attached hydrogen (secondary N) is 1. The van der Waals surface area contributed by atoms with E-state index in [4.69, 9.17) is 9.47 Å². The number of aryl methyl sites for hydroxylation is 2. The van der Waals surface area contributed by atoms with E-state index in [-0.39, 0.29) is 5.56 Å². The molecule has 0 saturated carbocycles. The van der Waals surface area contributed by atoms with Gasteiger partial charge >= 0.3 is 0 Å². The van der Waals surface area contributed by atoms with Gasteiger partial charge in [-0.05, 0) is 24.6 Å². The van der Waals surface area contributed by atoms with Gasteiger partial charge < -0.3 is 19.4 Å². The van der Waals surface area contributed by atoms with Crippen molar-refractivity contribution in [2.45, 2.75) is 6.92 Å². The van der Waals surface area contributed by atoms with Gasteiger partial charge in [0.2, 0.25) is 0 Å². The van der Waals surface area contributed by atoms with Crippen LogP contribution in [0.5, 0.6) is 11.5 Å². The van der Waals surface area contributed by atoms with Crippen molar-refractivity contribution in [2.75, 3.05) is 19.5 Å². The molecular formula is C19H20N2O3. The molecule has 0 amide bonds. The Morgan fingerprint density at radius 2 is 1.75 bits per heavy atom. The second-order valence-electron chi connectivity index (χ2n) is 5.60. The Morgan fingerprint density at radius 1 is 1.04 bits per heavy atom. The quantitative estimate of drug-likeness (QED) is 0.796. The number of nitrogens with zero attached hydrogens (tertiary/aromatic N) is 1. The van der Waals surface area contributed by atoms with Crippen LogP contribution < -0.4 is 20.3 Å². The number of anilines is 2. The van der Waals surface area contributed by atoms with Crippen LogP contribution in [0.4, 0.5) is 11.4 Å². The van der Waals surface area contributed by atoms with Gasteiger partial charge in [0.15, 0.2) is 5.75 Å². The predicted molar refractivity (Wildman–Crippen MR) is 96.8 cm³/mol. The van der Waals surface area contributed by atoms with E-state index in [9.17, 15) is 4.79 Å². The number of para-hydroxylation sites is 1. The van der Waals surface area contributed by atoms with Gasteiger partial charge in [-0.1, -0.05) is 18.2 Å². The third kappa shape index (κ3) is 2.58. The molecule has 0 fully saturated rings. The molecule has 124 valence electrons. The average Bonchev–Trinajstić information content (AvgIpc) is 2.59. The fourth-order valence-electron chi connectivity index (χ4n) is 2.93. The first kappa shape index (κ1) is 15.9. The van der Waals surface area contributed by atoms with Crippen LogP contribution in [0.2, 0.25) is 0 Å². The first-order valence-electron chi connectivity index (χ1n) is 7.64. The third-order valence-corrected chi connectivity index (χ3v) is 4.09. The van der Waals surface area contributed by atoms with Crippen molar-refractivity contribution in [3.05, 3.63) is 58.4 Å². The molecule has 0 atom stereocenters. The number of aromatic nitrogens is 1. The van der Waals surface area contributed by atoms with Gasteiger partial charge in [-0.2, -0.15) is 0 Å². The van der Waals surface area contributed by atoms with Crippen molar-refractivity contribution in [1.82, 2.24) is 4.57 Å². The smallest absolute Gasteiger partial charge is 0.251 e. The number of methoxy groups -OCH3 is 2. The molecule has 1 aromatic heterocycles. The van der Waals surface area contributed by atoms with Gasteiger partial charge in [0.05, 0.1) is 25.4 Å². The molecule has 0 bridgehead atoms. The summed E-state index contributed by atoms with van der Waals surface area (Å²) in [7, 11) is 4.96. The molecule has 5 nitrogen and oxygen atoms in total. The molecule has 0 spiro atoms. The highest BCUT2D eigenvalue weighted by Gasteiger charge is 2.18. The van der Waals surface area contributed by atoms with Crippen molar-refractivity contribution in [1.29, 1.82) is 0 Å². The lowest BCUT2D eigenvalue weighted by Gasteiger charge is -2.19. The minimum Gasteiger partial charge on any atom is -0.494 e. The fourth-order valence-corrected chi connectivity index (χ4v) is 2.93. The van der Waals surface area contributed by atoms with Gasteiger partial charge in [-0.25, -0.2) is 0 Å². The molecule has 3 rings (SSSR count). The summed E-state index contributed by atoms with van der Waals surface area (Å²) in [6.45, 7) is 1.90. The summed E-state index contributed by atoms with van der Waals surface area (Å²) in [5.41, 5.74) is 3.22. The molecule has 24 heavy (non-hydrogen) atoms. The average molecular weight is 324 g/mol. The van der Waals surface area contributed by atoms with E-state index < -0.39 is 0 Å². The zero-order valence-electron chi connectivity index (χ0n) is 14.2. The van der Waals surface area contributed by atoms with Crippen LogP contribution in [0.1, 0.15) is 5.56 Å². The Labute approximate surface area is 140 Å². The fraction of sp³-hybridized carbons (Fsp3) is 0.211. The van der Waals surface area contributed by atoms with Crippen LogP contribution in [-0.2, 0) is 7.05 Å². The van der Waals surface area contributed by atoms with E-state index in [2.05, 4.69) is 5.32 Å². The highest BCUT2D eigenvalue weighted by molar-refractivity contribution is 5.98.